The maximum absolute atomic E-state index is 13.0. The van der Waals surface area contributed by atoms with Crippen molar-refractivity contribution < 1.29 is 4.79 Å². The number of amides is 1. The Bertz CT molecular complexity index is 965. The van der Waals surface area contributed by atoms with E-state index >= 15 is 0 Å². The molecule has 1 aliphatic heterocycles. The van der Waals surface area contributed by atoms with Gasteiger partial charge in [0.25, 0.3) is 11.5 Å². The zero-order chi connectivity index (χ0) is 18.1. The van der Waals surface area contributed by atoms with Gasteiger partial charge in [-0.25, -0.2) is 4.98 Å². The fraction of sp³-hybridized carbons (Fsp3) is 0.294. The number of carbonyl (C=O) groups excluding carboxylic acids is 1. The first-order chi connectivity index (χ1) is 12.0. The lowest BCUT2D eigenvalue weighted by Gasteiger charge is -2.11. The first-order valence-corrected chi connectivity index (χ1v) is 9.21. The third-order valence-corrected chi connectivity index (χ3v) is 5.27. The number of thiocarbonyl (C=S) groups is 1. The second-order valence-corrected chi connectivity index (χ2v) is 7.20. The van der Waals surface area contributed by atoms with E-state index in [1.54, 1.807) is 18.3 Å². The van der Waals surface area contributed by atoms with Gasteiger partial charge in [0.15, 0.2) is 0 Å². The van der Waals surface area contributed by atoms with E-state index in [0.717, 1.165) is 5.56 Å². The second-order valence-electron chi connectivity index (χ2n) is 5.52. The van der Waals surface area contributed by atoms with Crippen LogP contribution in [0, 0.1) is 6.92 Å². The molecule has 3 heterocycles. The third-order valence-electron chi connectivity index (χ3n) is 3.89. The summed E-state index contributed by atoms with van der Waals surface area (Å²) in [7, 11) is 0. The average molecular weight is 374 g/mol. The highest BCUT2D eigenvalue weighted by Crippen LogP contribution is 2.32. The molecule has 1 aliphatic rings. The quantitative estimate of drug-likeness (QED) is 0.656. The molecule has 0 aromatic carbocycles. The number of pyridine rings is 1. The number of hydrogen-bond acceptors (Lipinski definition) is 6. The molecule has 0 atom stereocenters. The molecule has 3 rings (SSSR count). The Labute approximate surface area is 154 Å². The monoisotopic (exact) mass is 374 g/mol. The van der Waals surface area contributed by atoms with Crippen molar-refractivity contribution in [1.82, 2.24) is 14.3 Å². The molecule has 0 unspecified atom stereocenters. The maximum Gasteiger partial charge on any atom is 0.267 e. The largest absolute Gasteiger partial charge is 0.370 e. The number of fused-ring (bicyclic) bond motifs is 1. The molecule has 0 radical (unpaired) electrons. The molecule has 0 bridgehead atoms. The lowest BCUT2D eigenvalue weighted by atomic mass is 10.2. The van der Waals surface area contributed by atoms with Gasteiger partial charge in [0.1, 0.15) is 15.8 Å². The van der Waals surface area contributed by atoms with Crippen molar-refractivity contribution >= 4 is 51.7 Å². The molecule has 1 saturated heterocycles. The minimum absolute atomic E-state index is 0.173. The van der Waals surface area contributed by atoms with E-state index in [1.807, 2.05) is 26.8 Å². The van der Waals surface area contributed by atoms with Gasteiger partial charge in [0.05, 0.1) is 10.5 Å². The molecule has 8 heteroatoms. The second kappa shape index (κ2) is 6.97. The topological polar surface area (TPSA) is 66.7 Å². The molecular weight excluding hydrogens is 356 g/mol. The Morgan fingerprint density at radius 3 is 2.76 bits per heavy atom. The Hall–Kier alpha value is -2.19. The van der Waals surface area contributed by atoms with Crippen LogP contribution in [0.5, 0.6) is 0 Å². The third kappa shape index (κ3) is 3.07. The van der Waals surface area contributed by atoms with E-state index in [-0.39, 0.29) is 11.5 Å². The van der Waals surface area contributed by atoms with E-state index in [4.69, 9.17) is 12.2 Å². The molecule has 0 aliphatic carbocycles. The van der Waals surface area contributed by atoms with Gasteiger partial charge >= 0.3 is 0 Å². The van der Waals surface area contributed by atoms with Gasteiger partial charge in [0.2, 0.25) is 0 Å². The van der Waals surface area contributed by atoms with Crippen molar-refractivity contribution in [3.63, 3.8) is 0 Å². The average Bonchev–Trinajstić information content (AvgIpc) is 2.85. The summed E-state index contributed by atoms with van der Waals surface area (Å²) in [6, 6.07) is 3.71. The highest BCUT2D eigenvalue weighted by atomic mass is 32.2. The van der Waals surface area contributed by atoms with Gasteiger partial charge < -0.3 is 5.32 Å². The molecule has 6 nitrogen and oxygen atoms in total. The van der Waals surface area contributed by atoms with Crippen molar-refractivity contribution in [2.45, 2.75) is 20.8 Å². The Morgan fingerprint density at radius 1 is 1.36 bits per heavy atom. The number of anilines is 1. The maximum atomic E-state index is 13.0. The highest BCUT2D eigenvalue weighted by molar-refractivity contribution is 8.26. The van der Waals surface area contributed by atoms with E-state index in [2.05, 4.69) is 10.3 Å². The molecule has 25 heavy (non-hydrogen) atoms. The number of rotatable bonds is 4. The van der Waals surface area contributed by atoms with E-state index in [0.29, 0.717) is 39.3 Å². The summed E-state index contributed by atoms with van der Waals surface area (Å²) in [4.78, 5) is 32.0. The number of hydrogen-bond donors (Lipinski definition) is 1. The summed E-state index contributed by atoms with van der Waals surface area (Å²) in [5.41, 5.74) is 1.65. The molecule has 0 spiro atoms. The van der Waals surface area contributed by atoms with Crippen molar-refractivity contribution in [2.75, 3.05) is 18.4 Å². The minimum Gasteiger partial charge on any atom is -0.370 e. The van der Waals surface area contributed by atoms with Crippen LogP contribution in [0.4, 0.5) is 5.82 Å². The van der Waals surface area contributed by atoms with Crippen LogP contribution >= 0.6 is 24.0 Å². The lowest BCUT2D eigenvalue weighted by Crippen LogP contribution is -2.27. The summed E-state index contributed by atoms with van der Waals surface area (Å²) in [6.45, 7) is 6.83. The van der Waals surface area contributed by atoms with Gasteiger partial charge in [-0.05, 0) is 38.5 Å². The molecule has 130 valence electrons. The fourth-order valence-corrected chi connectivity index (χ4v) is 4.01. The van der Waals surface area contributed by atoms with Crippen LogP contribution in [0.2, 0.25) is 0 Å². The Balaban J connectivity index is 2.22. The predicted octanol–water partition coefficient (Wildman–Crippen LogP) is 2.66. The molecular formula is C17H18N4O2S2. The lowest BCUT2D eigenvalue weighted by molar-refractivity contribution is -0.121. The van der Waals surface area contributed by atoms with Gasteiger partial charge in [-0.2, -0.15) is 0 Å². The summed E-state index contributed by atoms with van der Waals surface area (Å²) in [5, 5.41) is 3.13. The van der Waals surface area contributed by atoms with E-state index in [1.165, 1.54) is 21.1 Å². The summed E-state index contributed by atoms with van der Waals surface area (Å²) in [6.07, 6.45) is 3.28. The van der Waals surface area contributed by atoms with E-state index < -0.39 is 0 Å². The zero-order valence-electron chi connectivity index (χ0n) is 14.2. The van der Waals surface area contributed by atoms with Crippen molar-refractivity contribution in [3.05, 3.63) is 44.7 Å². The molecule has 2 aromatic rings. The van der Waals surface area contributed by atoms with Crippen LogP contribution < -0.4 is 10.9 Å². The minimum atomic E-state index is -0.216. The number of likely N-dealkylation sites (N-methyl/N-ethyl adjacent to an activating group) is 1. The number of aryl methyl sites for hydroxylation is 1. The first-order valence-electron chi connectivity index (χ1n) is 7.99. The summed E-state index contributed by atoms with van der Waals surface area (Å²) < 4.78 is 2.01. The van der Waals surface area contributed by atoms with Crippen LogP contribution in [0.3, 0.4) is 0 Å². The zero-order valence-corrected chi connectivity index (χ0v) is 15.8. The number of nitrogens with one attached hydrogen (secondary N) is 1. The smallest absolute Gasteiger partial charge is 0.267 e. The molecule has 1 amide bonds. The number of aromatic nitrogens is 2. The molecule has 2 aromatic heterocycles. The molecule has 0 saturated carbocycles. The summed E-state index contributed by atoms with van der Waals surface area (Å²) >= 11 is 6.44. The summed E-state index contributed by atoms with van der Waals surface area (Å²) in [5.74, 6) is 0.303. The van der Waals surface area contributed by atoms with Gasteiger partial charge in [0, 0.05) is 19.3 Å². The van der Waals surface area contributed by atoms with Crippen molar-refractivity contribution in [2.24, 2.45) is 0 Å². The van der Waals surface area contributed by atoms with Crippen LogP contribution in [0.1, 0.15) is 25.0 Å². The van der Waals surface area contributed by atoms with Crippen molar-refractivity contribution in [3.8, 4) is 0 Å². The standard InChI is InChI=1S/C17H18N4O2S2/c1-4-18-13-11(9-12-16(23)20(5-2)17(24)25-12)15(22)21-8-6-7-10(3)14(21)19-13/h6-9,18H,4-5H2,1-3H3/b12-9+. The van der Waals surface area contributed by atoms with Crippen molar-refractivity contribution in [1.29, 1.82) is 0 Å². The molecule has 1 fully saturated rings. The van der Waals surface area contributed by atoms with Gasteiger partial charge in [-0.15, -0.1) is 0 Å². The van der Waals surface area contributed by atoms with E-state index in [9.17, 15) is 9.59 Å². The first kappa shape index (κ1) is 17.6. The predicted molar refractivity (Wildman–Crippen MR) is 106 cm³/mol. The normalized spacial score (nSPS) is 16.3. The number of carbonyl (C=O) groups is 1. The molecule has 1 N–H and O–H groups in total. The van der Waals surface area contributed by atoms with Gasteiger partial charge in [-0.1, -0.05) is 30.0 Å². The van der Waals surface area contributed by atoms with Crippen LogP contribution in [0.25, 0.3) is 11.7 Å². The fourth-order valence-electron chi connectivity index (χ4n) is 2.65. The number of nitrogens with zero attached hydrogens (tertiary/aromatic N) is 3. The SMILES string of the molecule is CCNc1nc2c(C)cccn2c(=O)c1/C=C1/SC(=S)N(CC)C1=O. The van der Waals surface area contributed by atoms with Crippen LogP contribution in [-0.4, -0.2) is 37.6 Å². The number of thioether (sulfide) groups is 1. The Morgan fingerprint density at radius 2 is 2.12 bits per heavy atom. The Kier molecular flexibility index (Phi) is 4.91. The van der Waals surface area contributed by atoms with Crippen LogP contribution in [-0.2, 0) is 4.79 Å². The van der Waals surface area contributed by atoms with Gasteiger partial charge in [-0.3, -0.25) is 18.9 Å². The van der Waals surface area contributed by atoms with Crippen LogP contribution in [0.15, 0.2) is 28.0 Å². The highest BCUT2D eigenvalue weighted by Gasteiger charge is 2.31.